The monoisotopic (exact) mass is 421 g/mol. The molecule has 0 spiro atoms. The normalized spacial score (nSPS) is 16.0. The van der Waals surface area contributed by atoms with E-state index in [0.29, 0.717) is 18.7 Å². The molecule has 0 radical (unpaired) electrons. The molecule has 0 saturated carbocycles. The van der Waals surface area contributed by atoms with E-state index >= 15 is 0 Å². The molecule has 3 aromatic rings. The number of Topliss-reactive ketones (excluding diaryl/α,β-unsaturated/α-hetero) is 1. The van der Waals surface area contributed by atoms with Crippen LogP contribution in [-0.2, 0) is 4.79 Å². The highest BCUT2D eigenvalue weighted by Gasteiger charge is 2.26. The summed E-state index contributed by atoms with van der Waals surface area (Å²) in [6.07, 6.45) is 0.546. The fourth-order valence-corrected chi connectivity index (χ4v) is 4.90. The number of ketones is 1. The van der Waals surface area contributed by atoms with Crippen molar-refractivity contribution in [3.05, 3.63) is 64.7 Å². The van der Waals surface area contributed by atoms with Crippen molar-refractivity contribution in [2.75, 3.05) is 26.2 Å². The second-order valence-electron chi connectivity index (χ2n) is 7.90. The summed E-state index contributed by atoms with van der Waals surface area (Å²) in [5, 5.41) is 1.12. The lowest BCUT2D eigenvalue weighted by atomic mass is 10.0. The van der Waals surface area contributed by atoms with Crippen molar-refractivity contribution in [1.29, 1.82) is 0 Å². The van der Waals surface area contributed by atoms with Gasteiger partial charge in [0.05, 0.1) is 16.3 Å². The van der Waals surface area contributed by atoms with Gasteiger partial charge in [0.15, 0.2) is 5.78 Å². The Kier molecular flexibility index (Phi) is 6.25. The number of fused-ring (bicyclic) bond motifs is 1. The fourth-order valence-electron chi connectivity index (χ4n) is 3.85. The van der Waals surface area contributed by atoms with E-state index < -0.39 is 0 Å². The minimum absolute atomic E-state index is 0.0337. The van der Waals surface area contributed by atoms with Crippen molar-refractivity contribution < 1.29 is 9.59 Å². The first-order valence-electron chi connectivity index (χ1n) is 10.5. The Balaban J connectivity index is 1.27. The molecule has 1 fully saturated rings. The Morgan fingerprint density at radius 3 is 2.40 bits per heavy atom. The molecule has 2 aromatic carbocycles. The average molecular weight is 422 g/mol. The minimum atomic E-state index is 0.0337. The molecule has 0 N–H and O–H groups in total. The van der Waals surface area contributed by atoms with Crippen LogP contribution in [0.4, 0.5) is 0 Å². The fraction of sp³-hybridized carbons (Fsp3) is 0.375. The molecule has 156 valence electrons. The second-order valence-corrected chi connectivity index (χ2v) is 8.96. The van der Waals surface area contributed by atoms with Gasteiger partial charge in [-0.05, 0) is 26.0 Å². The van der Waals surface area contributed by atoms with Gasteiger partial charge in [-0.3, -0.25) is 14.5 Å². The van der Waals surface area contributed by atoms with Gasteiger partial charge in [0.2, 0.25) is 5.91 Å². The van der Waals surface area contributed by atoms with Crippen molar-refractivity contribution in [3.63, 3.8) is 0 Å². The van der Waals surface area contributed by atoms with E-state index in [1.54, 1.807) is 11.3 Å². The summed E-state index contributed by atoms with van der Waals surface area (Å²) in [6, 6.07) is 16.0. The van der Waals surface area contributed by atoms with E-state index in [4.69, 9.17) is 4.98 Å². The van der Waals surface area contributed by atoms with Crippen LogP contribution in [0, 0.1) is 6.92 Å². The third-order valence-electron chi connectivity index (χ3n) is 5.82. The van der Waals surface area contributed by atoms with Crippen LogP contribution in [0.2, 0.25) is 0 Å². The molecule has 0 bridgehead atoms. The number of nitrogens with zero attached hydrogens (tertiary/aromatic N) is 3. The number of aromatic nitrogens is 1. The molecule has 4 rings (SSSR count). The molecule has 0 aliphatic carbocycles. The third-order valence-corrected chi connectivity index (χ3v) is 7.03. The van der Waals surface area contributed by atoms with Crippen LogP contribution in [0.1, 0.15) is 46.7 Å². The second kappa shape index (κ2) is 9.06. The summed E-state index contributed by atoms with van der Waals surface area (Å²) in [6.45, 7) is 7.24. The number of carbonyl (C=O) groups is 2. The summed E-state index contributed by atoms with van der Waals surface area (Å²) in [7, 11) is 0. The Bertz CT molecular complexity index is 1000. The lowest BCUT2D eigenvalue weighted by molar-refractivity contribution is -0.133. The SMILES string of the molecule is Cc1ccc(C(=O)CCC(=O)N2CCN([C@H](C)c3nc4ccccc4s3)CC2)cc1. The number of hydrogen-bond acceptors (Lipinski definition) is 5. The van der Waals surface area contributed by atoms with Gasteiger partial charge in [-0.2, -0.15) is 0 Å². The largest absolute Gasteiger partial charge is 0.340 e. The number of hydrogen-bond donors (Lipinski definition) is 0. The van der Waals surface area contributed by atoms with Crippen LogP contribution in [0.25, 0.3) is 10.2 Å². The molecule has 1 aliphatic rings. The topological polar surface area (TPSA) is 53.5 Å². The smallest absolute Gasteiger partial charge is 0.223 e. The van der Waals surface area contributed by atoms with Crippen LogP contribution in [0.3, 0.4) is 0 Å². The molecule has 5 nitrogen and oxygen atoms in total. The number of thiazole rings is 1. The van der Waals surface area contributed by atoms with Crippen LogP contribution >= 0.6 is 11.3 Å². The number of rotatable bonds is 6. The highest BCUT2D eigenvalue weighted by molar-refractivity contribution is 7.18. The first-order chi connectivity index (χ1) is 14.5. The quantitative estimate of drug-likeness (QED) is 0.551. The summed E-state index contributed by atoms with van der Waals surface area (Å²) < 4.78 is 1.21. The summed E-state index contributed by atoms with van der Waals surface area (Å²) >= 11 is 1.75. The van der Waals surface area contributed by atoms with Crippen molar-refractivity contribution in [1.82, 2.24) is 14.8 Å². The van der Waals surface area contributed by atoms with E-state index in [2.05, 4.69) is 24.0 Å². The average Bonchev–Trinajstić information content (AvgIpc) is 3.21. The van der Waals surface area contributed by atoms with Crippen molar-refractivity contribution in [3.8, 4) is 0 Å². The highest BCUT2D eigenvalue weighted by atomic mass is 32.1. The van der Waals surface area contributed by atoms with Gasteiger partial charge in [0.25, 0.3) is 0 Å². The maximum Gasteiger partial charge on any atom is 0.223 e. The van der Waals surface area contributed by atoms with Gasteiger partial charge in [-0.15, -0.1) is 11.3 Å². The van der Waals surface area contributed by atoms with Gasteiger partial charge >= 0.3 is 0 Å². The molecule has 0 unspecified atom stereocenters. The lowest BCUT2D eigenvalue weighted by Gasteiger charge is -2.37. The molecular weight excluding hydrogens is 394 g/mol. The van der Waals surface area contributed by atoms with Crippen LogP contribution in [-0.4, -0.2) is 52.7 Å². The molecule has 2 heterocycles. The van der Waals surface area contributed by atoms with Crippen LogP contribution in [0.5, 0.6) is 0 Å². The molecule has 1 aromatic heterocycles. The summed E-state index contributed by atoms with van der Waals surface area (Å²) in [5.41, 5.74) is 2.86. The molecule has 1 aliphatic heterocycles. The molecule has 30 heavy (non-hydrogen) atoms. The predicted octanol–water partition coefficient (Wildman–Crippen LogP) is 4.47. The molecule has 1 amide bonds. The number of para-hydroxylation sites is 1. The standard InChI is InChI=1S/C24H27N3O2S/c1-17-7-9-19(10-8-17)21(28)11-12-23(29)27-15-13-26(14-16-27)18(2)24-25-20-5-3-4-6-22(20)30-24/h3-10,18H,11-16H2,1-2H3/t18-/m1/s1. The van der Waals surface area contributed by atoms with E-state index in [0.717, 1.165) is 29.2 Å². The predicted molar refractivity (Wildman–Crippen MR) is 121 cm³/mol. The molecule has 6 heteroatoms. The maximum atomic E-state index is 12.6. The highest BCUT2D eigenvalue weighted by Crippen LogP contribution is 2.30. The molecule has 1 saturated heterocycles. The molecule has 1 atom stereocenters. The first kappa shape index (κ1) is 20.7. The van der Waals surface area contributed by atoms with Gasteiger partial charge in [0.1, 0.15) is 5.01 Å². The lowest BCUT2D eigenvalue weighted by Crippen LogP contribution is -2.49. The zero-order valence-corrected chi connectivity index (χ0v) is 18.3. The number of benzene rings is 2. The number of amides is 1. The Morgan fingerprint density at radius 2 is 1.70 bits per heavy atom. The number of aryl methyl sites for hydroxylation is 1. The van der Waals surface area contributed by atoms with Gasteiger partial charge in [-0.1, -0.05) is 42.0 Å². The first-order valence-corrected chi connectivity index (χ1v) is 11.3. The summed E-state index contributed by atoms with van der Waals surface area (Å²) in [4.78, 5) is 34.0. The van der Waals surface area contributed by atoms with Crippen molar-refractivity contribution in [2.45, 2.75) is 32.7 Å². The van der Waals surface area contributed by atoms with Gasteiger partial charge in [0, 0.05) is 44.6 Å². The minimum Gasteiger partial charge on any atom is -0.340 e. The van der Waals surface area contributed by atoms with E-state index in [1.165, 1.54) is 4.70 Å². The van der Waals surface area contributed by atoms with Crippen LogP contribution in [0.15, 0.2) is 48.5 Å². The zero-order valence-electron chi connectivity index (χ0n) is 17.5. The van der Waals surface area contributed by atoms with Crippen molar-refractivity contribution >= 4 is 33.2 Å². The van der Waals surface area contributed by atoms with Gasteiger partial charge < -0.3 is 4.90 Å². The molecular formula is C24H27N3O2S. The Morgan fingerprint density at radius 1 is 1.00 bits per heavy atom. The van der Waals surface area contributed by atoms with Crippen LogP contribution < -0.4 is 0 Å². The van der Waals surface area contributed by atoms with Gasteiger partial charge in [-0.25, -0.2) is 4.98 Å². The Labute approximate surface area is 181 Å². The van der Waals surface area contributed by atoms with E-state index in [-0.39, 0.29) is 30.6 Å². The third kappa shape index (κ3) is 4.60. The van der Waals surface area contributed by atoms with E-state index in [9.17, 15) is 9.59 Å². The zero-order chi connectivity index (χ0) is 21.1. The number of piperazine rings is 1. The Hall–Kier alpha value is -2.57. The maximum absolute atomic E-state index is 12.6. The van der Waals surface area contributed by atoms with Crippen molar-refractivity contribution in [2.24, 2.45) is 0 Å². The summed E-state index contributed by atoms with van der Waals surface area (Å²) in [5.74, 6) is 0.106. The number of carbonyl (C=O) groups excluding carboxylic acids is 2. The van der Waals surface area contributed by atoms with E-state index in [1.807, 2.05) is 48.2 Å².